The van der Waals surface area contributed by atoms with Crippen molar-refractivity contribution in [3.8, 4) is 6.07 Å². The zero-order valence-corrected chi connectivity index (χ0v) is 13.1. The first-order valence-corrected chi connectivity index (χ1v) is 7.23. The van der Waals surface area contributed by atoms with E-state index in [1.165, 1.54) is 24.3 Å². The number of nitro groups is 1. The molecule has 1 aliphatic heterocycles. The lowest BCUT2D eigenvalue weighted by Gasteiger charge is -2.30. The van der Waals surface area contributed by atoms with Gasteiger partial charge in [0.1, 0.15) is 5.92 Å². The van der Waals surface area contributed by atoms with Crippen molar-refractivity contribution in [1.82, 2.24) is 5.32 Å². The highest BCUT2D eigenvalue weighted by Gasteiger charge is 2.41. The molecule has 2 rings (SSSR count). The first-order chi connectivity index (χ1) is 11.4. The summed E-state index contributed by atoms with van der Waals surface area (Å²) >= 11 is 0. The van der Waals surface area contributed by atoms with E-state index in [2.05, 4.69) is 5.32 Å². The third kappa shape index (κ3) is 3.10. The summed E-state index contributed by atoms with van der Waals surface area (Å²) in [5.41, 5.74) is 0.834. The number of benzene rings is 1. The lowest BCUT2D eigenvalue weighted by molar-refractivity contribution is -0.384. The molecule has 124 valence electrons. The van der Waals surface area contributed by atoms with Crippen LogP contribution in [0.1, 0.15) is 25.3 Å². The number of nitrogens with one attached hydrogen (secondary N) is 1. The summed E-state index contributed by atoms with van der Waals surface area (Å²) in [5, 5.41) is 22.6. The minimum Gasteiger partial charge on any atom is -0.463 e. The molecule has 24 heavy (non-hydrogen) atoms. The highest BCUT2D eigenvalue weighted by molar-refractivity contribution is 5.97. The molecule has 0 aliphatic carbocycles. The van der Waals surface area contributed by atoms with Crippen LogP contribution in [0.5, 0.6) is 0 Å². The first-order valence-electron chi connectivity index (χ1n) is 7.23. The number of carbonyl (C=O) groups excluding carboxylic acids is 2. The van der Waals surface area contributed by atoms with E-state index in [4.69, 9.17) is 4.74 Å². The van der Waals surface area contributed by atoms with Crippen LogP contribution in [-0.2, 0) is 14.3 Å². The second-order valence-electron chi connectivity index (χ2n) is 5.18. The Morgan fingerprint density at radius 2 is 2.04 bits per heavy atom. The van der Waals surface area contributed by atoms with Gasteiger partial charge in [-0.2, -0.15) is 5.26 Å². The van der Waals surface area contributed by atoms with Gasteiger partial charge in [0.15, 0.2) is 0 Å². The third-order valence-corrected chi connectivity index (χ3v) is 3.74. The fraction of sp³-hybridized carbons (Fsp3) is 0.312. The minimum absolute atomic E-state index is 0.120. The van der Waals surface area contributed by atoms with Crippen molar-refractivity contribution in [2.24, 2.45) is 5.92 Å². The Kier molecular flexibility index (Phi) is 4.94. The first kappa shape index (κ1) is 17.1. The average Bonchev–Trinajstić information content (AvgIpc) is 2.54. The van der Waals surface area contributed by atoms with Gasteiger partial charge in [-0.1, -0.05) is 12.1 Å². The summed E-state index contributed by atoms with van der Waals surface area (Å²) in [5.74, 6) is -3.12. The topological polar surface area (TPSA) is 122 Å². The van der Waals surface area contributed by atoms with E-state index in [-0.39, 0.29) is 17.9 Å². The van der Waals surface area contributed by atoms with Crippen LogP contribution in [0.25, 0.3) is 0 Å². The van der Waals surface area contributed by atoms with Crippen molar-refractivity contribution in [2.45, 2.75) is 19.8 Å². The fourth-order valence-electron chi connectivity index (χ4n) is 2.67. The monoisotopic (exact) mass is 329 g/mol. The molecule has 0 unspecified atom stereocenters. The van der Waals surface area contributed by atoms with Gasteiger partial charge in [0.25, 0.3) is 5.69 Å². The van der Waals surface area contributed by atoms with Crippen LogP contribution in [-0.4, -0.2) is 23.4 Å². The van der Waals surface area contributed by atoms with Crippen LogP contribution >= 0.6 is 0 Å². The molecule has 1 N–H and O–H groups in total. The van der Waals surface area contributed by atoms with Crippen LogP contribution in [0.2, 0.25) is 0 Å². The second kappa shape index (κ2) is 6.91. The number of nitriles is 1. The van der Waals surface area contributed by atoms with E-state index in [9.17, 15) is 25.0 Å². The number of nitrogens with zero attached hydrogens (tertiary/aromatic N) is 2. The van der Waals surface area contributed by atoms with E-state index in [0.29, 0.717) is 11.3 Å². The normalized spacial score (nSPS) is 20.1. The van der Waals surface area contributed by atoms with E-state index in [1.807, 2.05) is 6.07 Å². The number of hydrogen-bond donors (Lipinski definition) is 1. The molecule has 0 saturated carbocycles. The molecule has 1 heterocycles. The maximum absolute atomic E-state index is 12.3. The Morgan fingerprint density at radius 3 is 2.54 bits per heavy atom. The average molecular weight is 329 g/mol. The molecule has 0 bridgehead atoms. The van der Waals surface area contributed by atoms with Crippen LogP contribution in [0.15, 0.2) is 35.5 Å². The summed E-state index contributed by atoms with van der Waals surface area (Å²) in [6, 6.07) is 7.33. The number of nitro benzene ring substituents is 1. The van der Waals surface area contributed by atoms with Crippen molar-refractivity contribution in [3.05, 3.63) is 51.2 Å². The third-order valence-electron chi connectivity index (χ3n) is 3.74. The van der Waals surface area contributed by atoms with E-state index in [0.717, 1.165) is 0 Å². The van der Waals surface area contributed by atoms with E-state index < -0.39 is 28.6 Å². The number of hydrogen-bond acceptors (Lipinski definition) is 6. The molecule has 0 aromatic heterocycles. The van der Waals surface area contributed by atoms with Crippen molar-refractivity contribution < 1.29 is 19.2 Å². The fourth-order valence-corrected chi connectivity index (χ4v) is 2.67. The Morgan fingerprint density at radius 1 is 1.42 bits per heavy atom. The highest BCUT2D eigenvalue weighted by atomic mass is 16.6. The largest absolute Gasteiger partial charge is 0.463 e. The number of esters is 1. The van der Waals surface area contributed by atoms with E-state index in [1.54, 1.807) is 13.8 Å². The van der Waals surface area contributed by atoms with Gasteiger partial charge >= 0.3 is 5.97 Å². The Balaban J connectivity index is 2.56. The summed E-state index contributed by atoms with van der Waals surface area (Å²) in [4.78, 5) is 34.6. The van der Waals surface area contributed by atoms with E-state index >= 15 is 0 Å². The molecule has 1 aliphatic rings. The van der Waals surface area contributed by atoms with Gasteiger partial charge in [-0.3, -0.25) is 14.9 Å². The molecular formula is C16H15N3O5. The number of amides is 1. The van der Waals surface area contributed by atoms with Crippen molar-refractivity contribution in [2.75, 3.05) is 6.61 Å². The van der Waals surface area contributed by atoms with Gasteiger partial charge in [-0.05, 0) is 19.4 Å². The van der Waals surface area contributed by atoms with Crippen LogP contribution in [0, 0.1) is 27.4 Å². The Bertz CT molecular complexity index is 761. The zero-order valence-electron chi connectivity index (χ0n) is 13.1. The minimum atomic E-state index is -1.13. The lowest BCUT2D eigenvalue weighted by Crippen LogP contribution is -2.41. The van der Waals surface area contributed by atoms with Crippen LogP contribution in [0.4, 0.5) is 5.69 Å². The Hall–Kier alpha value is -3.21. The van der Waals surface area contributed by atoms with Crippen molar-refractivity contribution in [3.63, 3.8) is 0 Å². The van der Waals surface area contributed by atoms with Gasteiger partial charge in [-0.15, -0.1) is 0 Å². The number of carbonyl (C=O) groups is 2. The second-order valence-corrected chi connectivity index (χ2v) is 5.18. The van der Waals surface area contributed by atoms with Crippen molar-refractivity contribution >= 4 is 17.6 Å². The molecule has 0 radical (unpaired) electrons. The number of allylic oxidation sites excluding steroid dienone is 1. The number of non-ortho nitro benzene ring substituents is 1. The van der Waals surface area contributed by atoms with Crippen LogP contribution < -0.4 is 5.32 Å². The molecule has 0 saturated heterocycles. The molecule has 1 aromatic rings. The maximum atomic E-state index is 12.3. The maximum Gasteiger partial charge on any atom is 0.336 e. The summed E-state index contributed by atoms with van der Waals surface area (Å²) in [6.07, 6.45) is 0. The molecular weight excluding hydrogens is 314 g/mol. The highest BCUT2D eigenvalue weighted by Crippen LogP contribution is 2.37. The SMILES string of the molecule is CCOC(=O)C1=C(C)NC(=O)[C@H](C#N)[C@H]1c1ccc([N+](=O)[O-])cc1. The van der Waals surface area contributed by atoms with Gasteiger partial charge in [0.05, 0.1) is 23.2 Å². The quantitative estimate of drug-likeness (QED) is 0.510. The molecule has 2 atom stereocenters. The predicted octanol–water partition coefficient (Wildman–Crippen LogP) is 1.79. The standard InChI is InChI=1S/C16H15N3O5/c1-3-24-16(21)13-9(2)18-15(20)12(8-17)14(13)10-4-6-11(7-5-10)19(22)23/h4-7,12,14H,3H2,1-2H3,(H,18,20)/t12-,14-/m1/s1. The number of rotatable bonds is 4. The van der Waals surface area contributed by atoms with Crippen molar-refractivity contribution in [1.29, 1.82) is 5.26 Å². The van der Waals surface area contributed by atoms with Crippen LogP contribution in [0.3, 0.4) is 0 Å². The van der Waals surface area contributed by atoms with Gasteiger partial charge in [0.2, 0.25) is 5.91 Å². The molecule has 8 nitrogen and oxygen atoms in total. The predicted molar refractivity (Wildman–Crippen MR) is 82.4 cm³/mol. The molecule has 0 spiro atoms. The molecule has 1 aromatic carbocycles. The summed E-state index contributed by atoms with van der Waals surface area (Å²) < 4.78 is 5.03. The van der Waals surface area contributed by atoms with Gasteiger partial charge in [0, 0.05) is 23.7 Å². The lowest BCUT2D eigenvalue weighted by atomic mass is 9.77. The summed E-state index contributed by atoms with van der Waals surface area (Å²) in [6.45, 7) is 3.35. The summed E-state index contributed by atoms with van der Waals surface area (Å²) in [7, 11) is 0. The smallest absolute Gasteiger partial charge is 0.336 e. The molecule has 8 heteroatoms. The zero-order chi connectivity index (χ0) is 17.9. The molecule has 1 amide bonds. The van der Waals surface area contributed by atoms with Gasteiger partial charge in [-0.25, -0.2) is 4.79 Å². The molecule has 0 fully saturated rings. The number of ether oxygens (including phenoxy) is 1. The Labute approximate surface area is 137 Å². The van der Waals surface area contributed by atoms with Gasteiger partial charge < -0.3 is 10.1 Å².